The number of hydrogen-bond donors (Lipinski definition) is 1. The Hall–Kier alpha value is -6.86. The van der Waals surface area contributed by atoms with Gasteiger partial charge in [0.05, 0.1) is 55.4 Å². The zero-order valence-corrected chi connectivity index (χ0v) is 37.9. The van der Waals surface area contributed by atoms with E-state index < -0.39 is 11.2 Å². The molecule has 9 rings (SSSR count). The molecule has 0 spiro atoms. The summed E-state index contributed by atoms with van der Waals surface area (Å²) in [5, 5.41) is 3.50. The first-order chi connectivity index (χ1) is 31.2. The average molecular weight is 879 g/mol. The number of carbonyl (C=O) groups is 3. The minimum absolute atomic E-state index is 0.0145. The van der Waals surface area contributed by atoms with Crippen molar-refractivity contribution in [3.8, 4) is 28.7 Å². The molecule has 336 valence electrons. The zero-order valence-electron chi connectivity index (χ0n) is 37.9. The summed E-state index contributed by atoms with van der Waals surface area (Å²) in [4.78, 5) is 48.7. The van der Waals surface area contributed by atoms with Crippen LogP contribution in [0.15, 0.2) is 96.0 Å². The first-order valence-corrected chi connectivity index (χ1v) is 22.0. The molecule has 0 aromatic heterocycles. The highest BCUT2D eigenvalue weighted by Crippen LogP contribution is 2.43. The Morgan fingerprint density at radius 3 is 2.00 bits per heavy atom. The maximum absolute atomic E-state index is 14.1. The number of fused-ring (bicyclic) bond motifs is 8. The third-order valence-electron chi connectivity index (χ3n) is 12.7. The summed E-state index contributed by atoms with van der Waals surface area (Å²) in [5.74, 6) is 2.01. The van der Waals surface area contributed by atoms with Gasteiger partial charge in [-0.15, -0.1) is 0 Å². The van der Waals surface area contributed by atoms with E-state index in [2.05, 4.69) is 11.4 Å². The number of Topliss-reactive ketones (excluding diaryl/α,β-unsaturated/α-hetero) is 1. The Bertz CT molecular complexity index is 2730. The molecule has 0 aliphatic carbocycles. The second kappa shape index (κ2) is 17.3. The van der Waals surface area contributed by atoms with Gasteiger partial charge in [-0.1, -0.05) is 36.4 Å². The van der Waals surface area contributed by atoms with Gasteiger partial charge in [0.15, 0.2) is 28.8 Å². The monoisotopic (exact) mass is 878 g/mol. The Labute approximate surface area is 379 Å². The number of nitrogens with zero attached hydrogens (tertiary/aromatic N) is 3. The standard InChI is InChI=1S/C52H54N4O9/c1-31(57)52(4,5)64-17-16-51(2,3)65-38-19-32(29-62-47-25-41-39(23-45(47)60-6)49(58)55-36(27-53-41)21-34-12-8-10-14-43(34)55)18-33(20-38)30-63-48-26-42-40(24-46(48)61-7)50(59)56-37(28-54-42)22-35-13-9-11-15-44(35)56/h8-15,18-20,23-27,36-37,54H,16-17,21-22,28-30H2,1-7H3/t36-,37-/m0/s1. The molecule has 13 heteroatoms. The molecule has 4 aliphatic heterocycles. The maximum Gasteiger partial charge on any atom is 0.261 e. The summed E-state index contributed by atoms with van der Waals surface area (Å²) in [6, 6.07) is 28.6. The van der Waals surface area contributed by atoms with Crippen molar-refractivity contribution >= 4 is 46.6 Å². The lowest BCUT2D eigenvalue weighted by Gasteiger charge is -2.29. The van der Waals surface area contributed by atoms with Crippen molar-refractivity contribution in [2.45, 2.75) is 90.4 Å². The van der Waals surface area contributed by atoms with E-state index in [0.29, 0.717) is 77.2 Å². The number of benzene rings is 5. The van der Waals surface area contributed by atoms with E-state index in [1.807, 2.05) is 91.7 Å². The highest BCUT2D eigenvalue weighted by Gasteiger charge is 2.39. The molecular weight excluding hydrogens is 825 g/mol. The molecule has 65 heavy (non-hydrogen) atoms. The fourth-order valence-corrected chi connectivity index (χ4v) is 8.90. The van der Waals surface area contributed by atoms with Crippen LogP contribution in [0, 0.1) is 0 Å². The van der Waals surface area contributed by atoms with Crippen molar-refractivity contribution in [2.24, 2.45) is 4.99 Å². The van der Waals surface area contributed by atoms with Crippen molar-refractivity contribution in [1.82, 2.24) is 0 Å². The zero-order chi connectivity index (χ0) is 45.6. The van der Waals surface area contributed by atoms with Crippen molar-refractivity contribution in [2.75, 3.05) is 42.5 Å². The number of ether oxygens (including phenoxy) is 6. The van der Waals surface area contributed by atoms with Gasteiger partial charge in [0, 0.05) is 49.1 Å². The molecule has 0 fully saturated rings. The summed E-state index contributed by atoms with van der Waals surface area (Å²) in [5.41, 5.74) is 6.17. The molecule has 0 unspecified atom stereocenters. The second-order valence-corrected chi connectivity index (χ2v) is 18.1. The van der Waals surface area contributed by atoms with Crippen LogP contribution in [0.3, 0.4) is 0 Å². The molecular formula is C52H54N4O9. The van der Waals surface area contributed by atoms with Crippen LogP contribution in [-0.2, 0) is 35.6 Å². The van der Waals surface area contributed by atoms with Crippen LogP contribution in [0.25, 0.3) is 0 Å². The van der Waals surface area contributed by atoms with Gasteiger partial charge in [-0.3, -0.25) is 24.3 Å². The van der Waals surface area contributed by atoms with E-state index in [1.165, 1.54) is 6.92 Å². The molecule has 1 N–H and O–H groups in total. The van der Waals surface area contributed by atoms with Crippen LogP contribution in [-0.4, -0.2) is 74.5 Å². The third kappa shape index (κ3) is 8.60. The van der Waals surface area contributed by atoms with Crippen LogP contribution in [0.5, 0.6) is 28.7 Å². The van der Waals surface area contributed by atoms with E-state index in [4.69, 9.17) is 33.4 Å². The lowest BCUT2D eigenvalue weighted by atomic mass is 10.0. The van der Waals surface area contributed by atoms with Gasteiger partial charge in [-0.25, -0.2) is 0 Å². The van der Waals surface area contributed by atoms with E-state index in [1.54, 1.807) is 51.2 Å². The molecule has 2 atom stereocenters. The summed E-state index contributed by atoms with van der Waals surface area (Å²) >= 11 is 0. The number of aliphatic imine (C=N–C) groups is 1. The number of amides is 2. The number of carbonyl (C=O) groups excluding carboxylic acids is 3. The molecule has 5 aromatic rings. The predicted molar refractivity (Wildman–Crippen MR) is 249 cm³/mol. The first-order valence-electron chi connectivity index (χ1n) is 22.0. The summed E-state index contributed by atoms with van der Waals surface area (Å²) in [7, 11) is 3.11. The van der Waals surface area contributed by atoms with Crippen LogP contribution in [0.1, 0.15) is 84.0 Å². The fraction of sp³-hybridized carbons (Fsp3) is 0.346. The number of nitrogens with one attached hydrogen (secondary N) is 1. The van der Waals surface area contributed by atoms with Crippen LogP contribution >= 0.6 is 0 Å². The number of methoxy groups -OCH3 is 2. The van der Waals surface area contributed by atoms with E-state index in [-0.39, 0.29) is 42.9 Å². The van der Waals surface area contributed by atoms with Gasteiger partial charge in [0.2, 0.25) is 0 Å². The Morgan fingerprint density at radius 1 is 0.738 bits per heavy atom. The van der Waals surface area contributed by atoms with Gasteiger partial charge in [0.25, 0.3) is 11.8 Å². The molecule has 0 radical (unpaired) electrons. The molecule has 5 aromatic carbocycles. The SMILES string of the molecule is COc1cc2c(cc1OCc1cc(COc3cc4c(cc3OC)C(=O)N3c5ccccc5C[C@H]3CN4)cc(OC(C)(C)CCOC(C)(C)C(C)=O)c1)N=C[C@@H]1Cc3ccccc3N1C2=O. The van der Waals surface area contributed by atoms with Gasteiger partial charge in [-0.2, -0.15) is 0 Å². The quantitative estimate of drug-likeness (QED) is 0.108. The number of hydrogen-bond acceptors (Lipinski definition) is 11. The Kier molecular flexibility index (Phi) is 11.5. The molecule has 0 saturated carbocycles. The van der Waals surface area contributed by atoms with Crippen LogP contribution in [0.4, 0.5) is 22.7 Å². The molecule has 4 aliphatic rings. The fourth-order valence-electron chi connectivity index (χ4n) is 8.90. The highest BCUT2D eigenvalue weighted by atomic mass is 16.5. The molecule has 0 saturated heterocycles. The normalized spacial score (nSPS) is 17.1. The van der Waals surface area contributed by atoms with Crippen molar-refractivity contribution < 1.29 is 42.8 Å². The predicted octanol–water partition coefficient (Wildman–Crippen LogP) is 9.08. The van der Waals surface area contributed by atoms with Crippen molar-refractivity contribution in [3.63, 3.8) is 0 Å². The molecule has 0 bridgehead atoms. The molecule has 4 heterocycles. The Balaban J connectivity index is 0.975. The summed E-state index contributed by atoms with van der Waals surface area (Å²) in [6.45, 7) is 10.1. The van der Waals surface area contributed by atoms with Gasteiger partial charge in [0.1, 0.15) is 30.2 Å². The van der Waals surface area contributed by atoms with Crippen LogP contribution < -0.4 is 38.8 Å². The molecule has 13 nitrogen and oxygen atoms in total. The van der Waals surface area contributed by atoms with Gasteiger partial charge < -0.3 is 38.6 Å². The number of rotatable bonds is 15. The summed E-state index contributed by atoms with van der Waals surface area (Å²) < 4.78 is 37.2. The van der Waals surface area contributed by atoms with Gasteiger partial charge in [-0.05, 0) is 106 Å². The Morgan fingerprint density at radius 2 is 1.34 bits per heavy atom. The number of anilines is 3. The average Bonchev–Trinajstić information content (AvgIpc) is 3.78. The maximum atomic E-state index is 14.1. The second-order valence-electron chi connectivity index (χ2n) is 18.1. The van der Waals surface area contributed by atoms with Crippen molar-refractivity contribution in [3.05, 3.63) is 124 Å². The first kappa shape index (κ1) is 43.4. The lowest BCUT2D eigenvalue weighted by molar-refractivity contribution is -0.139. The van der Waals surface area contributed by atoms with E-state index >= 15 is 0 Å². The summed E-state index contributed by atoms with van der Waals surface area (Å²) in [6.07, 6.45) is 3.80. The van der Waals surface area contributed by atoms with E-state index in [0.717, 1.165) is 40.0 Å². The highest BCUT2D eigenvalue weighted by molar-refractivity contribution is 6.15. The topological polar surface area (TPSA) is 137 Å². The smallest absolute Gasteiger partial charge is 0.261 e. The van der Waals surface area contributed by atoms with E-state index in [9.17, 15) is 14.4 Å². The minimum atomic E-state index is -0.906. The van der Waals surface area contributed by atoms with Gasteiger partial charge >= 0.3 is 0 Å². The molecule has 2 amide bonds. The minimum Gasteiger partial charge on any atom is -0.493 e. The lowest BCUT2D eigenvalue weighted by Crippen LogP contribution is -2.39. The van der Waals surface area contributed by atoms with Crippen LogP contribution in [0.2, 0.25) is 0 Å². The largest absolute Gasteiger partial charge is 0.493 e. The number of ketones is 1. The third-order valence-corrected chi connectivity index (χ3v) is 12.7. The van der Waals surface area contributed by atoms with Crippen molar-refractivity contribution in [1.29, 1.82) is 0 Å². The number of para-hydroxylation sites is 2.